The number of halogens is 3. The number of carbonyl (C=O) groups excluding carboxylic acids is 1. The van der Waals surface area contributed by atoms with Crippen molar-refractivity contribution < 1.29 is 9.18 Å². The zero-order chi connectivity index (χ0) is 18.7. The lowest BCUT2D eigenvalue weighted by molar-refractivity contribution is 0.102. The summed E-state index contributed by atoms with van der Waals surface area (Å²) < 4.78 is 14.3. The first-order valence-corrected chi connectivity index (χ1v) is 8.39. The van der Waals surface area contributed by atoms with Gasteiger partial charge in [-0.1, -0.05) is 29.3 Å². The molecule has 0 saturated heterocycles. The molecule has 1 heterocycles. The lowest BCUT2D eigenvalue weighted by Gasteiger charge is -2.10. The molecule has 0 bridgehead atoms. The van der Waals surface area contributed by atoms with E-state index in [9.17, 15) is 14.0 Å². The second-order valence-corrected chi connectivity index (χ2v) is 6.41. The van der Waals surface area contributed by atoms with Crippen LogP contribution in [-0.2, 0) is 6.54 Å². The number of anilines is 1. The highest BCUT2D eigenvalue weighted by atomic mass is 35.5. The summed E-state index contributed by atoms with van der Waals surface area (Å²) in [5.41, 5.74) is 1.28. The van der Waals surface area contributed by atoms with Crippen LogP contribution in [0.15, 0.2) is 65.6 Å². The summed E-state index contributed by atoms with van der Waals surface area (Å²) in [6.07, 6.45) is 1.46. The van der Waals surface area contributed by atoms with E-state index in [1.54, 1.807) is 18.2 Å². The Morgan fingerprint density at radius 2 is 1.73 bits per heavy atom. The van der Waals surface area contributed by atoms with Crippen LogP contribution in [0.5, 0.6) is 0 Å². The molecule has 26 heavy (non-hydrogen) atoms. The van der Waals surface area contributed by atoms with Crippen molar-refractivity contribution in [2.24, 2.45) is 0 Å². The fourth-order valence-corrected chi connectivity index (χ4v) is 2.68. The van der Waals surface area contributed by atoms with E-state index < -0.39 is 11.7 Å². The number of amides is 1. The van der Waals surface area contributed by atoms with Crippen LogP contribution in [0.2, 0.25) is 10.0 Å². The number of benzene rings is 2. The van der Waals surface area contributed by atoms with Gasteiger partial charge in [-0.15, -0.1) is 0 Å². The van der Waals surface area contributed by atoms with Crippen molar-refractivity contribution in [1.82, 2.24) is 4.57 Å². The van der Waals surface area contributed by atoms with Gasteiger partial charge in [0.1, 0.15) is 5.82 Å². The van der Waals surface area contributed by atoms with Crippen LogP contribution in [0.4, 0.5) is 10.1 Å². The third-order valence-corrected chi connectivity index (χ3v) is 4.42. The minimum atomic E-state index is -0.403. The SMILES string of the molecule is O=C(Nc1ccc(F)cc1)c1ccc(=O)n(Cc2ccc(Cl)c(Cl)c2)c1. The quantitative estimate of drug-likeness (QED) is 0.707. The Hall–Kier alpha value is -2.63. The van der Waals surface area contributed by atoms with Crippen molar-refractivity contribution in [3.05, 3.63) is 98.1 Å². The van der Waals surface area contributed by atoms with Gasteiger partial charge < -0.3 is 9.88 Å². The van der Waals surface area contributed by atoms with E-state index in [4.69, 9.17) is 23.2 Å². The van der Waals surface area contributed by atoms with Crippen LogP contribution in [0.3, 0.4) is 0 Å². The summed E-state index contributed by atoms with van der Waals surface area (Å²) in [6, 6.07) is 13.2. The molecule has 0 unspecified atom stereocenters. The molecule has 1 amide bonds. The zero-order valence-corrected chi connectivity index (χ0v) is 14.9. The largest absolute Gasteiger partial charge is 0.322 e. The van der Waals surface area contributed by atoms with E-state index >= 15 is 0 Å². The van der Waals surface area contributed by atoms with Gasteiger partial charge >= 0.3 is 0 Å². The molecule has 0 aliphatic rings. The van der Waals surface area contributed by atoms with E-state index in [2.05, 4.69) is 5.32 Å². The first kappa shape index (κ1) is 18.2. The molecule has 3 rings (SSSR count). The van der Waals surface area contributed by atoms with Crippen LogP contribution >= 0.6 is 23.2 Å². The smallest absolute Gasteiger partial charge is 0.257 e. The molecular weight excluding hydrogens is 378 g/mol. The second-order valence-electron chi connectivity index (χ2n) is 5.59. The van der Waals surface area contributed by atoms with Crippen LogP contribution in [-0.4, -0.2) is 10.5 Å². The highest BCUT2D eigenvalue weighted by Gasteiger charge is 2.09. The number of carbonyl (C=O) groups is 1. The van der Waals surface area contributed by atoms with Gasteiger partial charge in [0.05, 0.1) is 22.2 Å². The number of hydrogen-bond donors (Lipinski definition) is 1. The van der Waals surface area contributed by atoms with Gasteiger partial charge in [0.2, 0.25) is 0 Å². The molecule has 0 spiro atoms. The number of rotatable bonds is 4. The maximum absolute atomic E-state index is 12.9. The van der Waals surface area contributed by atoms with Gasteiger partial charge in [-0.3, -0.25) is 9.59 Å². The lowest BCUT2D eigenvalue weighted by atomic mass is 10.2. The molecule has 2 aromatic carbocycles. The normalized spacial score (nSPS) is 10.6. The zero-order valence-electron chi connectivity index (χ0n) is 13.4. The molecule has 0 aliphatic heterocycles. The summed E-state index contributed by atoms with van der Waals surface area (Å²) >= 11 is 11.9. The molecule has 0 radical (unpaired) electrons. The van der Waals surface area contributed by atoms with E-state index in [0.29, 0.717) is 21.3 Å². The fourth-order valence-electron chi connectivity index (χ4n) is 2.36. The third kappa shape index (κ3) is 4.31. The van der Waals surface area contributed by atoms with Gasteiger partial charge in [-0.2, -0.15) is 0 Å². The Morgan fingerprint density at radius 1 is 1.00 bits per heavy atom. The summed E-state index contributed by atoms with van der Waals surface area (Å²) in [6.45, 7) is 0.243. The summed E-state index contributed by atoms with van der Waals surface area (Å²) in [5, 5.41) is 3.47. The van der Waals surface area contributed by atoms with Crippen LogP contribution in [0, 0.1) is 5.82 Å². The third-order valence-electron chi connectivity index (χ3n) is 3.68. The first-order chi connectivity index (χ1) is 12.4. The van der Waals surface area contributed by atoms with Crippen LogP contribution in [0.1, 0.15) is 15.9 Å². The molecule has 132 valence electrons. The summed E-state index contributed by atoms with van der Waals surface area (Å²) in [4.78, 5) is 24.4. The average molecular weight is 391 g/mol. The Balaban J connectivity index is 1.82. The molecule has 4 nitrogen and oxygen atoms in total. The van der Waals surface area contributed by atoms with Crippen molar-refractivity contribution in [1.29, 1.82) is 0 Å². The standard InChI is InChI=1S/C19H13Cl2FN2O2/c20-16-7-1-12(9-17(16)21)10-24-11-13(2-8-18(24)25)19(26)23-15-5-3-14(22)4-6-15/h1-9,11H,10H2,(H,23,26). The first-order valence-electron chi connectivity index (χ1n) is 7.64. The molecular formula is C19H13Cl2FN2O2. The fraction of sp³-hybridized carbons (Fsp3) is 0.0526. The lowest BCUT2D eigenvalue weighted by Crippen LogP contribution is -2.22. The number of nitrogens with zero attached hydrogens (tertiary/aromatic N) is 1. The Morgan fingerprint density at radius 3 is 2.42 bits per heavy atom. The molecule has 3 aromatic rings. The maximum Gasteiger partial charge on any atom is 0.257 e. The highest BCUT2D eigenvalue weighted by Crippen LogP contribution is 2.22. The van der Waals surface area contributed by atoms with Crippen molar-refractivity contribution in [2.45, 2.75) is 6.54 Å². The summed E-state index contributed by atoms with van der Waals surface area (Å²) in [5.74, 6) is -0.794. The number of hydrogen-bond acceptors (Lipinski definition) is 2. The molecule has 0 saturated carbocycles. The van der Waals surface area contributed by atoms with Crippen molar-refractivity contribution in [2.75, 3.05) is 5.32 Å². The number of pyridine rings is 1. The van der Waals surface area contributed by atoms with E-state index in [0.717, 1.165) is 5.56 Å². The molecule has 1 aromatic heterocycles. The highest BCUT2D eigenvalue weighted by molar-refractivity contribution is 6.42. The van der Waals surface area contributed by atoms with Crippen LogP contribution in [0.25, 0.3) is 0 Å². The minimum absolute atomic E-state index is 0.243. The Labute approximate surface area is 158 Å². The summed E-state index contributed by atoms with van der Waals surface area (Å²) in [7, 11) is 0. The maximum atomic E-state index is 12.9. The predicted octanol–water partition coefficient (Wildman–Crippen LogP) is 4.59. The molecule has 7 heteroatoms. The van der Waals surface area contributed by atoms with Gasteiger partial charge in [0, 0.05) is 18.0 Å². The van der Waals surface area contributed by atoms with Crippen molar-refractivity contribution in [3.8, 4) is 0 Å². The monoisotopic (exact) mass is 390 g/mol. The van der Waals surface area contributed by atoms with E-state index in [-0.39, 0.29) is 12.1 Å². The topological polar surface area (TPSA) is 51.1 Å². The molecule has 1 N–H and O–H groups in total. The van der Waals surface area contributed by atoms with Crippen LogP contribution < -0.4 is 10.9 Å². The molecule has 0 atom stereocenters. The Bertz CT molecular complexity index is 1020. The van der Waals surface area contributed by atoms with E-state index in [1.165, 1.54) is 47.2 Å². The van der Waals surface area contributed by atoms with Gasteiger partial charge in [0.15, 0.2) is 0 Å². The van der Waals surface area contributed by atoms with Gasteiger partial charge in [0.25, 0.3) is 11.5 Å². The van der Waals surface area contributed by atoms with Gasteiger partial charge in [-0.05, 0) is 48.0 Å². The van der Waals surface area contributed by atoms with Crippen molar-refractivity contribution in [3.63, 3.8) is 0 Å². The molecule has 0 fully saturated rings. The number of aromatic nitrogens is 1. The van der Waals surface area contributed by atoms with E-state index in [1.807, 2.05) is 0 Å². The minimum Gasteiger partial charge on any atom is -0.322 e. The predicted molar refractivity (Wildman–Crippen MR) is 101 cm³/mol. The van der Waals surface area contributed by atoms with Gasteiger partial charge in [-0.25, -0.2) is 4.39 Å². The molecule has 0 aliphatic carbocycles. The second kappa shape index (κ2) is 7.72. The average Bonchev–Trinajstić information content (AvgIpc) is 2.62. The Kier molecular flexibility index (Phi) is 5.40. The number of nitrogens with one attached hydrogen (secondary N) is 1. The van der Waals surface area contributed by atoms with Crippen molar-refractivity contribution >= 4 is 34.8 Å².